The highest BCUT2D eigenvalue weighted by atomic mass is 16.6. The highest BCUT2D eigenvalue weighted by molar-refractivity contribution is 5.91. The van der Waals surface area contributed by atoms with Gasteiger partial charge in [-0.3, -0.25) is 34.5 Å². The third-order valence-corrected chi connectivity index (χ3v) is 9.71. The van der Waals surface area contributed by atoms with Gasteiger partial charge >= 0.3 is 11.9 Å². The third-order valence-electron chi connectivity index (χ3n) is 9.71. The first-order chi connectivity index (χ1) is 22.9. The number of fused-ring (bicyclic) bond motifs is 4. The fraction of sp³-hybridized carbons (Fsp3) is 0.583. The molecule has 2 fully saturated rings. The van der Waals surface area contributed by atoms with Gasteiger partial charge in [0.2, 0.25) is 0 Å². The average molecular weight is 664 g/mol. The van der Waals surface area contributed by atoms with Crippen LogP contribution in [0.15, 0.2) is 36.4 Å². The molecule has 4 N–H and O–H groups in total. The monoisotopic (exact) mass is 663 g/mol. The first kappa shape index (κ1) is 35.4. The van der Waals surface area contributed by atoms with E-state index >= 15 is 0 Å². The Hall–Kier alpha value is -3.87. The van der Waals surface area contributed by atoms with Crippen LogP contribution < -0.4 is 16.1 Å². The molecule has 3 aliphatic rings. The highest BCUT2D eigenvalue weighted by Crippen LogP contribution is 2.41. The first-order valence-corrected chi connectivity index (χ1v) is 17.2. The number of aliphatic hydroxyl groups excluding tert-OH is 1. The molecule has 1 saturated carbocycles. The fourth-order valence-corrected chi connectivity index (χ4v) is 6.66. The van der Waals surface area contributed by atoms with Crippen molar-refractivity contribution in [1.82, 2.24) is 26.1 Å². The Morgan fingerprint density at radius 2 is 1.83 bits per heavy atom. The lowest BCUT2D eigenvalue weighted by molar-refractivity contribution is -0.170. The van der Waals surface area contributed by atoms with E-state index in [9.17, 15) is 24.3 Å². The predicted octanol–water partition coefficient (Wildman–Crippen LogP) is 3.68. The van der Waals surface area contributed by atoms with E-state index in [0.717, 1.165) is 22.2 Å². The van der Waals surface area contributed by atoms with Gasteiger partial charge in [-0.05, 0) is 76.0 Å². The highest BCUT2D eigenvalue weighted by Gasteiger charge is 2.44. The summed E-state index contributed by atoms with van der Waals surface area (Å²) in [7, 11) is 0. The molecule has 1 aliphatic carbocycles. The number of benzene rings is 1. The van der Waals surface area contributed by atoms with Gasteiger partial charge in [0, 0.05) is 24.4 Å². The summed E-state index contributed by atoms with van der Waals surface area (Å²) in [6, 6.07) is 8.13. The maximum Gasteiger partial charge on any atom is 0.316 e. The number of ether oxygens (including phenoxy) is 2. The van der Waals surface area contributed by atoms with Crippen LogP contribution in [0.3, 0.4) is 0 Å². The lowest BCUT2D eigenvalue weighted by Crippen LogP contribution is -2.62. The molecule has 1 unspecified atom stereocenters. The molecule has 1 saturated heterocycles. The molecule has 48 heavy (non-hydrogen) atoms. The number of pyridine rings is 1. The van der Waals surface area contributed by atoms with Crippen LogP contribution in [-0.4, -0.2) is 75.9 Å². The minimum absolute atomic E-state index is 0.275. The maximum atomic E-state index is 14.1. The number of hydrogen-bond donors (Lipinski definition) is 4. The number of esters is 2. The van der Waals surface area contributed by atoms with Gasteiger partial charge in [0.1, 0.15) is 18.4 Å². The normalized spacial score (nSPS) is 31.4. The second-order valence-electron chi connectivity index (χ2n) is 13.7. The van der Waals surface area contributed by atoms with E-state index in [-0.39, 0.29) is 36.4 Å². The Morgan fingerprint density at radius 3 is 2.54 bits per heavy atom. The van der Waals surface area contributed by atoms with E-state index in [0.29, 0.717) is 45.1 Å². The quantitative estimate of drug-likeness (QED) is 0.357. The molecule has 0 radical (unpaired) electrons. The maximum absolute atomic E-state index is 14.1. The number of rotatable bonds is 3. The number of hydrazine groups is 1. The van der Waals surface area contributed by atoms with Crippen LogP contribution in [0.5, 0.6) is 0 Å². The molecule has 5 atom stereocenters. The van der Waals surface area contributed by atoms with Gasteiger partial charge in [0.15, 0.2) is 6.10 Å². The first-order valence-electron chi connectivity index (χ1n) is 17.2. The Morgan fingerprint density at radius 1 is 1.10 bits per heavy atom. The molecule has 2 aromatic rings. The summed E-state index contributed by atoms with van der Waals surface area (Å²) in [4.78, 5) is 58.1. The molecule has 1 aromatic carbocycles. The van der Waals surface area contributed by atoms with Crippen molar-refractivity contribution < 1.29 is 33.8 Å². The summed E-state index contributed by atoms with van der Waals surface area (Å²) in [5.74, 6) is -2.11. The summed E-state index contributed by atoms with van der Waals surface area (Å²) in [6.07, 6.45) is 4.58. The largest absolute Gasteiger partial charge is 0.462 e. The number of nitrogens with zero attached hydrogens (tertiary/aromatic N) is 2. The number of amides is 2. The summed E-state index contributed by atoms with van der Waals surface area (Å²) in [5, 5.41) is 19.5. The number of cyclic esters (lactones) is 1. The number of aromatic nitrogens is 1. The zero-order valence-corrected chi connectivity index (χ0v) is 28.5. The average Bonchev–Trinajstić information content (AvgIpc) is 3.08. The lowest BCUT2D eigenvalue weighted by atomic mass is 9.72. The summed E-state index contributed by atoms with van der Waals surface area (Å²) in [5.41, 5.74) is 4.41. The Balaban J connectivity index is 1.51. The van der Waals surface area contributed by atoms with E-state index in [4.69, 9.17) is 14.5 Å². The van der Waals surface area contributed by atoms with E-state index in [1.807, 2.05) is 49.4 Å². The molecule has 3 heterocycles. The van der Waals surface area contributed by atoms with Crippen LogP contribution in [0, 0.1) is 11.3 Å². The van der Waals surface area contributed by atoms with Crippen molar-refractivity contribution in [2.24, 2.45) is 11.3 Å². The number of carbonyl (C=O) groups is 4. The van der Waals surface area contributed by atoms with Gasteiger partial charge < -0.3 is 19.9 Å². The number of hydrogen-bond acceptors (Lipinski definition) is 10. The van der Waals surface area contributed by atoms with Crippen molar-refractivity contribution in [3.05, 3.63) is 47.7 Å². The van der Waals surface area contributed by atoms with Crippen LogP contribution in [-0.2, 0) is 28.7 Å². The van der Waals surface area contributed by atoms with Crippen molar-refractivity contribution >= 4 is 40.7 Å². The van der Waals surface area contributed by atoms with E-state index in [1.54, 1.807) is 27.7 Å². The molecule has 5 bridgehead atoms. The van der Waals surface area contributed by atoms with Crippen LogP contribution >= 0.6 is 0 Å². The predicted molar refractivity (Wildman–Crippen MR) is 180 cm³/mol. The van der Waals surface area contributed by atoms with Crippen molar-refractivity contribution in [3.8, 4) is 0 Å². The molecular weight excluding hydrogens is 614 g/mol. The molecule has 1 aromatic heterocycles. The van der Waals surface area contributed by atoms with Crippen molar-refractivity contribution in [1.29, 1.82) is 0 Å². The number of nitrogens with one attached hydrogen (secondary N) is 3. The van der Waals surface area contributed by atoms with Crippen molar-refractivity contribution in [3.63, 3.8) is 0 Å². The standard InChI is InChI=1S/C36H49N5O7/c1-6-30(42)47-26-14-17-36(18-15-26)16-13-24-9-10-25-11-12-27(39-29(25)20-24)22(4)37-32(43)28-8-7-19-41(40-28)34(45)23(5)38-33(44)31(21(2)3)48-35(36)46/h9-13,16,20-23,26,28,31-32,37,40,43H,6-8,14-15,17-19H2,1-5H3,(H,38,44)/b16-13+/t22-,23+,26?,28+,31+,32?,36?/m1/s1. The Kier molecular flexibility index (Phi) is 11.2. The van der Waals surface area contributed by atoms with Crippen molar-refractivity contribution in [2.45, 2.75) is 116 Å². The lowest BCUT2D eigenvalue weighted by Gasteiger charge is -2.38. The van der Waals surface area contributed by atoms with Gasteiger partial charge in [0.25, 0.3) is 11.8 Å². The zero-order chi connectivity index (χ0) is 34.6. The number of carbonyl (C=O) groups excluding carboxylic acids is 4. The van der Waals surface area contributed by atoms with Crippen LogP contribution in [0.2, 0.25) is 0 Å². The third kappa shape index (κ3) is 8.04. The zero-order valence-electron chi connectivity index (χ0n) is 28.5. The van der Waals surface area contributed by atoms with Gasteiger partial charge in [-0.15, -0.1) is 0 Å². The second-order valence-corrected chi connectivity index (χ2v) is 13.7. The van der Waals surface area contributed by atoms with Gasteiger partial charge in [-0.2, -0.15) is 0 Å². The number of aliphatic hydroxyl groups is 1. The van der Waals surface area contributed by atoms with Gasteiger partial charge in [-0.25, -0.2) is 5.43 Å². The molecule has 12 heteroatoms. The molecule has 2 aliphatic heterocycles. The van der Waals surface area contributed by atoms with Gasteiger partial charge in [-0.1, -0.05) is 51.1 Å². The minimum atomic E-state index is -1.14. The molecule has 12 nitrogen and oxygen atoms in total. The Labute approximate surface area is 282 Å². The summed E-state index contributed by atoms with van der Waals surface area (Å²) < 4.78 is 11.6. The van der Waals surface area contributed by atoms with Crippen LogP contribution in [0.4, 0.5) is 0 Å². The fourth-order valence-electron chi connectivity index (χ4n) is 6.66. The summed E-state index contributed by atoms with van der Waals surface area (Å²) >= 11 is 0. The van der Waals surface area contributed by atoms with Crippen LogP contribution in [0.1, 0.15) is 96.9 Å². The Bertz CT molecular complexity index is 1540. The molecule has 1 spiro atoms. The molecule has 2 amide bonds. The van der Waals surface area contributed by atoms with E-state index in [1.165, 1.54) is 5.01 Å². The topological polar surface area (TPSA) is 159 Å². The van der Waals surface area contributed by atoms with Crippen molar-refractivity contribution in [2.75, 3.05) is 6.54 Å². The minimum Gasteiger partial charge on any atom is -0.462 e. The van der Waals surface area contributed by atoms with Crippen LogP contribution in [0.25, 0.3) is 17.0 Å². The molecule has 5 rings (SSSR count). The molecule has 260 valence electrons. The molecular formula is C36H49N5O7. The van der Waals surface area contributed by atoms with E-state index < -0.39 is 41.7 Å². The second kappa shape index (κ2) is 15.1. The smallest absolute Gasteiger partial charge is 0.316 e. The van der Waals surface area contributed by atoms with E-state index in [2.05, 4.69) is 16.1 Å². The SMILES string of the molecule is CCC(=O)OC1CCC2(/C=C/c3ccc4ccc(nc4c3)[C@@H](C)NC(O)[C@@H]3CCCN(N3)C(=O)[C@H](C)NC(=O)[C@H](C(C)C)OC2=O)CC1. The summed E-state index contributed by atoms with van der Waals surface area (Å²) in [6.45, 7) is 9.26. The van der Waals surface area contributed by atoms with Gasteiger partial charge in [0.05, 0.1) is 22.7 Å².